The second kappa shape index (κ2) is 8.97. The van der Waals surface area contributed by atoms with Crippen molar-refractivity contribution in [3.63, 3.8) is 0 Å². The molecule has 30 heavy (non-hydrogen) atoms. The van der Waals surface area contributed by atoms with Gasteiger partial charge in [0.15, 0.2) is 0 Å². The maximum Gasteiger partial charge on any atom is 0.243 e. The average molecular weight is 430 g/mol. The monoisotopic (exact) mass is 429 g/mol. The minimum Gasteiger partial charge on any atom is -0.352 e. The Bertz CT molecular complexity index is 1010. The van der Waals surface area contributed by atoms with Crippen molar-refractivity contribution < 1.29 is 18.0 Å². The van der Waals surface area contributed by atoms with E-state index in [0.29, 0.717) is 31.6 Å². The van der Waals surface area contributed by atoms with Crippen LogP contribution in [0.4, 0.5) is 5.69 Å². The molecule has 0 spiro atoms. The maximum atomic E-state index is 13.1. The molecule has 2 aromatic rings. The molecule has 2 N–H and O–H groups in total. The predicted octanol–water partition coefficient (Wildman–Crippen LogP) is 2.75. The van der Waals surface area contributed by atoms with E-state index in [1.54, 1.807) is 12.1 Å². The predicted molar refractivity (Wildman–Crippen MR) is 115 cm³/mol. The number of carbonyl (C=O) groups excluding carboxylic acids is 2. The molecule has 1 fully saturated rings. The third-order valence-corrected chi connectivity index (χ3v) is 7.18. The summed E-state index contributed by atoms with van der Waals surface area (Å²) in [6, 6.07) is 15.7. The number of nitrogens with one attached hydrogen (secondary N) is 2. The first-order chi connectivity index (χ1) is 14.2. The molecule has 1 heterocycles. The lowest BCUT2D eigenvalue weighted by atomic mass is 9.82. The number of amides is 2. The summed E-state index contributed by atoms with van der Waals surface area (Å²) in [5, 5.41) is 5.56. The highest BCUT2D eigenvalue weighted by molar-refractivity contribution is 7.89. The van der Waals surface area contributed by atoms with Crippen LogP contribution in [0.5, 0.6) is 0 Å². The van der Waals surface area contributed by atoms with Gasteiger partial charge in [0, 0.05) is 32.2 Å². The smallest absolute Gasteiger partial charge is 0.243 e. The van der Waals surface area contributed by atoms with E-state index in [0.717, 1.165) is 5.56 Å². The quantitative estimate of drug-likeness (QED) is 0.738. The van der Waals surface area contributed by atoms with Gasteiger partial charge in [-0.25, -0.2) is 8.42 Å². The van der Waals surface area contributed by atoms with Crippen molar-refractivity contribution in [3.05, 3.63) is 60.2 Å². The van der Waals surface area contributed by atoms with Gasteiger partial charge in [0.1, 0.15) is 0 Å². The SMILES string of the molecule is CC(=O)Nc1ccc(S(=O)(=O)N2CCCC(C)(C(=O)NCc3ccccc3)C2)cc1. The molecule has 2 amide bonds. The Kier molecular flexibility index (Phi) is 6.58. The second-order valence-electron chi connectivity index (χ2n) is 7.88. The van der Waals surface area contributed by atoms with Crippen LogP contribution >= 0.6 is 0 Å². The lowest BCUT2D eigenvalue weighted by Crippen LogP contribution is -2.51. The van der Waals surface area contributed by atoms with Crippen molar-refractivity contribution in [1.29, 1.82) is 0 Å². The summed E-state index contributed by atoms with van der Waals surface area (Å²) >= 11 is 0. The first-order valence-electron chi connectivity index (χ1n) is 9.91. The van der Waals surface area contributed by atoms with E-state index in [1.165, 1.54) is 23.4 Å². The molecule has 8 heteroatoms. The molecule has 0 radical (unpaired) electrons. The molecule has 160 valence electrons. The van der Waals surface area contributed by atoms with E-state index in [1.807, 2.05) is 37.3 Å². The fraction of sp³-hybridized carbons (Fsp3) is 0.364. The summed E-state index contributed by atoms with van der Waals surface area (Å²) in [7, 11) is -3.74. The minimum atomic E-state index is -3.74. The number of sulfonamides is 1. The van der Waals surface area contributed by atoms with Gasteiger partial charge in [0.25, 0.3) is 0 Å². The van der Waals surface area contributed by atoms with Gasteiger partial charge in [-0.2, -0.15) is 4.31 Å². The van der Waals surface area contributed by atoms with Crippen molar-refractivity contribution in [2.24, 2.45) is 5.41 Å². The zero-order valence-electron chi connectivity index (χ0n) is 17.2. The lowest BCUT2D eigenvalue weighted by Gasteiger charge is -2.38. The summed E-state index contributed by atoms with van der Waals surface area (Å²) < 4.78 is 27.6. The largest absolute Gasteiger partial charge is 0.352 e. The van der Waals surface area contributed by atoms with E-state index in [-0.39, 0.29) is 23.3 Å². The van der Waals surface area contributed by atoms with E-state index in [9.17, 15) is 18.0 Å². The summed E-state index contributed by atoms with van der Waals surface area (Å²) in [5.41, 5.74) is 0.732. The standard InChI is InChI=1S/C22H27N3O4S/c1-17(26)24-19-9-11-20(12-10-19)30(28,29)25-14-6-13-22(2,16-25)21(27)23-15-18-7-4-3-5-8-18/h3-5,7-12H,6,13-16H2,1-2H3,(H,23,27)(H,24,26). The van der Waals surface area contributed by atoms with Gasteiger partial charge in [-0.15, -0.1) is 0 Å². The summed E-state index contributed by atoms with van der Waals surface area (Å²) in [6.45, 7) is 4.12. The van der Waals surface area contributed by atoms with Crippen LogP contribution in [0.25, 0.3) is 0 Å². The Labute approximate surface area is 177 Å². The topological polar surface area (TPSA) is 95.6 Å². The zero-order chi connectivity index (χ0) is 21.8. The number of nitrogens with zero attached hydrogens (tertiary/aromatic N) is 1. The van der Waals surface area contributed by atoms with Crippen LogP contribution in [-0.4, -0.2) is 37.6 Å². The number of hydrogen-bond donors (Lipinski definition) is 2. The lowest BCUT2D eigenvalue weighted by molar-refractivity contribution is -0.132. The van der Waals surface area contributed by atoms with Crippen LogP contribution in [0.1, 0.15) is 32.3 Å². The van der Waals surface area contributed by atoms with Gasteiger partial charge < -0.3 is 10.6 Å². The molecule has 0 aromatic heterocycles. The van der Waals surface area contributed by atoms with Crippen molar-refractivity contribution >= 4 is 27.5 Å². The van der Waals surface area contributed by atoms with Crippen molar-refractivity contribution in [2.75, 3.05) is 18.4 Å². The third-order valence-electron chi connectivity index (χ3n) is 5.32. The Morgan fingerprint density at radius 3 is 2.37 bits per heavy atom. The number of piperidine rings is 1. The number of anilines is 1. The molecule has 1 unspecified atom stereocenters. The van der Waals surface area contributed by atoms with E-state index < -0.39 is 15.4 Å². The zero-order valence-corrected chi connectivity index (χ0v) is 18.0. The minimum absolute atomic E-state index is 0.128. The van der Waals surface area contributed by atoms with Gasteiger partial charge in [-0.3, -0.25) is 9.59 Å². The van der Waals surface area contributed by atoms with E-state index >= 15 is 0 Å². The Balaban J connectivity index is 1.70. The van der Waals surface area contributed by atoms with E-state index in [4.69, 9.17) is 0 Å². The Hall–Kier alpha value is -2.71. The molecule has 0 saturated carbocycles. The second-order valence-corrected chi connectivity index (χ2v) is 9.81. The van der Waals surface area contributed by atoms with Crippen LogP contribution in [0.15, 0.2) is 59.5 Å². The summed E-state index contributed by atoms with van der Waals surface area (Å²) in [5.74, 6) is -0.369. The highest BCUT2D eigenvalue weighted by atomic mass is 32.2. The summed E-state index contributed by atoms with van der Waals surface area (Å²) in [6.07, 6.45) is 1.24. The average Bonchev–Trinajstić information content (AvgIpc) is 2.72. The Morgan fingerprint density at radius 2 is 1.73 bits per heavy atom. The van der Waals surface area contributed by atoms with E-state index in [2.05, 4.69) is 10.6 Å². The van der Waals surface area contributed by atoms with Gasteiger partial charge in [-0.1, -0.05) is 30.3 Å². The molecule has 0 bridgehead atoms. The fourth-order valence-electron chi connectivity index (χ4n) is 3.64. The normalized spacial score (nSPS) is 19.8. The highest BCUT2D eigenvalue weighted by Gasteiger charge is 2.41. The molecule has 7 nitrogen and oxygen atoms in total. The fourth-order valence-corrected chi connectivity index (χ4v) is 5.24. The number of hydrogen-bond acceptors (Lipinski definition) is 4. The molecule has 0 aliphatic carbocycles. The molecule has 3 rings (SSSR count). The number of carbonyl (C=O) groups is 2. The van der Waals surface area contributed by atoms with Gasteiger partial charge in [0.05, 0.1) is 10.3 Å². The molecule has 1 atom stereocenters. The van der Waals surface area contributed by atoms with Crippen LogP contribution in [-0.2, 0) is 26.2 Å². The number of rotatable bonds is 6. The first-order valence-corrected chi connectivity index (χ1v) is 11.3. The highest BCUT2D eigenvalue weighted by Crippen LogP contribution is 2.33. The van der Waals surface area contributed by atoms with Crippen molar-refractivity contribution in [2.45, 2.75) is 38.1 Å². The van der Waals surface area contributed by atoms with Gasteiger partial charge >= 0.3 is 0 Å². The molecule has 2 aromatic carbocycles. The van der Waals surface area contributed by atoms with Gasteiger partial charge in [-0.05, 0) is 49.6 Å². The van der Waals surface area contributed by atoms with Gasteiger partial charge in [0.2, 0.25) is 21.8 Å². The van der Waals surface area contributed by atoms with Crippen molar-refractivity contribution in [3.8, 4) is 0 Å². The Morgan fingerprint density at radius 1 is 1.07 bits per heavy atom. The maximum absolute atomic E-state index is 13.1. The molecule has 1 aliphatic heterocycles. The molecular formula is C22H27N3O4S. The first kappa shape index (κ1) is 22.0. The molecule has 1 aliphatic rings. The van der Waals surface area contributed by atoms with Crippen LogP contribution in [0.3, 0.4) is 0 Å². The van der Waals surface area contributed by atoms with Crippen LogP contribution < -0.4 is 10.6 Å². The third kappa shape index (κ3) is 5.06. The van der Waals surface area contributed by atoms with Crippen LogP contribution in [0.2, 0.25) is 0 Å². The molecule has 1 saturated heterocycles. The summed E-state index contributed by atoms with van der Waals surface area (Å²) in [4.78, 5) is 24.2. The van der Waals surface area contributed by atoms with Crippen LogP contribution in [0, 0.1) is 5.41 Å². The molecular weight excluding hydrogens is 402 g/mol. The number of benzene rings is 2. The van der Waals surface area contributed by atoms with Crippen molar-refractivity contribution in [1.82, 2.24) is 9.62 Å².